The molecule has 0 saturated carbocycles. The monoisotopic (exact) mass is 419 g/mol. The Bertz CT molecular complexity index is 930. The zero-order chi connectivity index (χ0) is 20.6. The maximum Gasteiger partial charge on any atom is 0.246 e. The van der Waals surface area contributed by atoms with Gasteiger partial charge in [0.1, 0.15) is 4.90 Å². The smallest absolute Gasteiger partial charge is 0.246 e. The summed E-state index contributed by atoms with van der Waals surface area (Å²) >= 11 is 0. The zero-order valence-corrected chi connectivity index (χ0v) is 18.1. The molecule has 1 N–H and O–H groups in total. The largest absolute Gasteiger partial charge is 0.352 e. The molecule has 4 rings (SSSR count). The lowest BCUT2D eigenvalue weighted by Crippen LogP contribution is -2.49. The van der Waals surface area contributed by atoms with Crippen molar-refractivity contribution in [3.05, 3.63) is 23.5 Å². The molecule has 0 amide bonds. The first-order valence-electron chi connectivity index (χ1n) is 10.2. The Labute approximate surface area is 172 Å². The van der Waals surface area contributed by atoms with Crippen LogP contribution in [0.1, 0.15) is 37.6 Å². The maximum absolute atomic E-state index is 13.0. The molecule has 0 spiro atoms. The van der Waals surface area contributed by atoms with Crippen molar-refractivity contribution in [1.29, 1.82) is 0 Å². The number of aromatic amines is 1. The number of rotatable bonds is 4. The molecule has 2 saturated heterocycles. The van der Waals surface area contributed by atoms with E-state index >= 15 is 0 Å². The molecule has 2 aliphatic rings. The summed E-state index contributed by atoms with van der Waals surface area (Å²) in [6.45, 7) is 8.72. The van der Waals surface area contributed by atoms with E-state index in [1.807, 2.05) is 12.1 Å². The Balaban J connectivity index is 1.42. The third kappa shape index (κ3) is 3.83. The minimum atomic E-state index is -3.54. The summed E-state index contributed by atoms with van der Waals surface area (Å²) in [5, 5.41) is 15.7. The van der Waals surface area contributed by atoms with E-state index in [1.54, 1.807) is 13.8 Å². The molecule has 0 radical (unpaired) electrons. The van der Waals surface area contributed by atoms with Crippen molar-refractivity contribution in [2.24, 2.45) is 0 Å². The van der Waals surface area contributed by atoms with Gasteiger partial charge < -0.3 is 9.80 Å². The second-order valence-electron chi connectivity index (χ2n) is 7.94. The summed E-state index contributed by atoms with van der Waals surface area (Å²) in [5.74, 6) is 1.72. The minimum Gasteiger partial charge on any atom is -0.352 e. The van der Waals surface area contributed by atoms with Crippen LogP contribution in [0.3, 0.4) is 0 Å². The first-order valence-corrected chi connectivity index (χ1v) is 11.7. The number of nitrogens with one attached hydrogen (secondary N) is 1. The van der Waals surface area contributed by atoms with Crippen LogP contribution in [-0.4, -0.2) is 71.9 Å². The molecule has 0 bridgehead atoms. The zero-order valence-electron chi connectivity index (χ0n) is 17.3. The number of piperazine rings is 1. The lowest BCUT2D eigenvalue weighted by molar-refractivity contribution is 0.383. The quantitative estimate of drug-likeness (QED) is 0.805. The van der Waals surface area contributed by atoms with Crippen molar-refractivity contribution in [3.63, 3.8) is 0 Å². The highest BCUT2D eigenvalue weighted by Crippen LogP contribution is 2.26. The molecule has 0 aliphatic carbocycles. The van der Waals surface area contributed by atoms with Crippen molar-refractivity contribution in [2.75, 3.05) is 42.5 Å². The standard InChI is InChI=1S/C19H29N7O2S/c1-14-6-4-5-9-26(14)18-8-7-17(22-23-18)24-10-12-25(13-11-24)29(27,28)19-15(2)20-21-16(19)3/h7-8,14H,4-6,9-13H2,1-3H3,(H,20,21). The number of anilines is 2. The molecule has 1 atom stereocenters. The number of nitrogens with zero attached hydrogens (tertiary/aromatic N) is 6. The number of sulfonamides is 1. The summed E-state index contributed by atoms with van der Waals surface area (Å²) < 4.78 is 27.5. The van der Waals surface area contributed by atoms with E-state index in [2.05, 4.69) is 37.1 Å². The van der Waals surface area contributed by atoms with E-state index in [1.165, 1.54) is 23.6 Å². The third-order valence-corrected chi connectivity index (χ3v) is 8.12. The van der Waals surface area contributed by atoms with Crippen molar-refractivity contribution >= 4 is 21.7 Å². The van der Waals surface area contributed by atoms with Crippen LogP contribution in [0.25, 0.3) is 0 Å². The van der Waals surface area contributed by atoms with Crippen molar-refractivity contribution in [3.8, 4) is 0 Å². The number of H-pyrrole nitrogens is 1. The fraction of sp³-hybridized carbons (Fsp3) is 0.632. The number of hydrogen-bond donors (Lipinski definition) is 1. The van der Waals surface area contributed by atoms with Crippen LogP contribution in [-0.2, 0) is 10.0 Å². The second-order valence-corrected chi connectivity index (χ2v) is 9.82. The SMILES string of the molecule is Cc1n[nH]c(C)c1S(=O)(=O)N1CCN(c2ccc(N3CCCCC3C)nn2)CC1. The fourth-order valence-corrected chi connectivity index (χ4v) is 6.04. The number of piperidine rings is 1. The Morgan fingerprint density at radius 2 is 1.69 bits per heavy atom. The molecule has 10 heteroatoms. The van der Waals surface area contributed by atoms with E-state index < -0.39 is 10.0 Å². The molecule has 2 aliphatic heterocycles. The summed E-state index contributed by atoms with van der Waals surface area (Å²) in [7, 11) is -3.54. The van der Waals surface area contributed by atoms with Gasteiger partial charge in [0, 0.05) is 38.8 Å². The molecule has 4 heterocycles. The van der Waals surface area contributed by atoms with Gasteiger partial charge in [0.05, 0.1) is 11.4 Å². The summed E-state index contributed by atoms with van der Waals surface area (Å²) in [6.07, 6.45) is 3.66. The van der Waals surface area contributed by atoms with Gasteiger partial charge >= 0.3 is 0 Å². The normalized spacial score (nSPS) is 21.6. The average Bonchev–Trinajstić information content (AvgIpc) is 3.07. The van der Waals surface area contributed by atoms with E-state index in [-0.39, 0.29) is 0 Å². The van der Waals surface area contributed by atoms with Crippen molar-refractivity contribution in [1.82, 2.24) is 24.7 Å². The van der Waals surface area contributed by atoms with Crippen LogP contribution >= 0.6 is 0 Å². The molecule has 2 aromatic heterocycles. The van der Waals surface area contributed by atoms with Gasteiger partial charge in [-0.05, 0) is 52.2 Å². The maximum atomic E-state index is 13.0. The molecule has 9 nitrogen and oxygen atoms in total. The van der Waals surface area contributed by atoms with Gasteiger partial charge in [-0.2, -0.15) is 9.40 Å². The van der Waals surface area contributed by atoms with Crippen LogP contribution in [0.5, 0.6) is 0 Å². The Kier molecular flexibility index (Phi) is 5.48. The molecular weight excluding hydrogens is 390 g/mol. The van der Waals surface area contributed by atoms with Crippen molar-refractivity contribution in [2.45, 2.75) is 51.0 Å². The number of hydrogen-bond acceptors (Lipinski definition) is 7. The molecule has 2 aromatic rings. The van der Waals surface area contributed by atoms with Gasteiger partial charge in [-0.1, -0.05) is 0 Å². The van der Waals surface area contributed by atoms with Gasteiger partial charge in [-0.25, -0.2) is 8.42 Å². The predicted octanol–water partition coefficient (Wildman–Crippen LogP) is 1.71. The Morgan fingerprint density at radius 3 is 2.28 bits per heavy atom. The lowest BCUT2D eigenvalue weighted by Gasteiger charge is -2.35. The Morgan fingerprint density at radius 1 is 1.00 bits per heavy atom. The minimum absolute atomic E-state index is 0.297. The third-order valence-electron chi connectivity index (χ3n) is 5.95. The second kappa shape index (κ2) is 7.91. The van der Waals surface area contributed by atoms with Gasteiger partial charge in [0.15, 0.2) is 11.6 Å². The molecule has 158 valence electrons. The highest BCUT2D eigenvalue weighted by molar-refractivity contribution is 7.89. The molecule has 1 unspecified atom stereocenters. The first kappa shape index (κ1) is 20.1. The van der Waals surface area contributed by atoms with E-state index in [9.17, 15) is 8.42 Å². The molecular formula is C19H29N7O2S. The highest BCUT2D eigenvalue weighted by atomic mass is 32.2. The molecule has 29 heavy (non-hydrogen) atoms. The van der Waals surface area contributed by atoms with Crippen LogP contribution in [0.4, 0.5) is 11.6 Å². The summed E-state index contributed by atoms with van der Waals surface area (Å²) in [4.78, 5) is 4.71. The summed E-state index contributed by atoms with van der Waals surface area (Å²) in [6, 6.07) is 4.52. The highest BCUT2D eigenvalue weighted by Gasteiger charge is 2.32. The number of aromatic nitrogens is 4. The summed E-state index contributed by atoms with van der Waals surface area (Å²) in [5.41, 5.74) is 1.09. The van der Waals surface area contributed by atoms with Crippen LogP contribution in [0, 0.1) is 13.8 Å². The van der Waals surface area contributed by atoms with Gasteiger partial charge in [0.2, 0.25) is 10.0 Å². The molecule has 2 fully saturated rings. The lowest BCUT2D eigenvalue weighted by atomic mass is 10.0. The topological polar surface area (TPSA) is 98.3 Å². The van der Waals surface area contributed by atoms with Crippen LogP contribution in [0.2, 0.25) is 0 Å². The van der Waals surface area contributed by atoms with Crippen LogP contribution < -0.4 is 9.80 Å². The van der Waals surface area contributed by atoms with Crippen molar-refractivity contribution < 1.29 is 8.42 Å². The van der Waals surface area contributed by atoms with Crippen LogP contribution in [0.15, 0.2) is 17.0 Å². The van der Waals surface area contributed by atoms with E-state index in [0.717, 1.165) is 18.2 Å². The average molecular weight is 420 g/mol. The first-order chi connectivity index (χ1) is 13.9. The fourth-order valence-electron chi connectivity index (χ4n) is 4.29. The number of aryl methyl sites for hydroxylation is 2. The molecule has 0 aromatic carbocycles. The van der Waals surface area contributed by atoms with Gasteiger partial charge in [-0.3, -0.25) is 5.10 Å². The van der Waals surface area contributed by atoms with E-state index in [0.29, 0.717) is 48.5 Å². The van der Waals surface area contributed by atoms with E-state index in [4.69, 9.17) is 0 Å². The Hall–Kier alpha value is -2.20. The predicted molar refractivity (Wildman–Crippen MR) is 112 cm³/mol. The van der Waals surface area contributed by atoms with Gasteiger partial charge in [-0.15, -0.1) is 10.2 Å². The van der Waals surface area contributed by atoms with Gasteiger partial charge in [0.25, 0.3) is 0 Å².